The van der Waals surface area contributed by atoms with Crippen LogP contribution in [0.1, 0.15) is 18.9 Å². The smallest absolute Gasteiger partial charge is 0.265 e. The summed E-state index contributed by atoms with van der Waals surface area (Å²) in [5.41, 5.74) is 0.894. The van der Waals surface area contributed by atoms with Crippen LogP contribution >= 0.6 is 0 Å². The van der Waals surface area contributed by atoms with Gasteiger partial charge in [0.05, 0.1) is 24.1 Å². The molecule has 0 spiro atoms. The molecule has 0 saturated heterocycles. The highest BCUT2D eigenvalue weighted by Crippen LogP contribution is 2.32. The van der Waals surface area contributed by atoms with Crippen LogP contribution in [-0.4, -0.2) is 33.4 Å². The first-order chi connectivity index (χ1) is 13.3. The molecule has 1 aliphatic rings. The van der Waals surface area contributed by atoms with Crippen LogP contribution in [0.4, 0.5) is 5.69 Å². The van der Waals surface area contributed by atoms with Gasteiger partial charge in [-0.05, 0) is 42.3 Å². The number of anilines is 1. The largest absolute Gasteiger partial charge is 0.497 e. The number of ether oxygens (including phenoxy) is 2. The van der Waals surface area contributed by atoms with Crippen molar-refractivity contribution in [3.8, 4) is 11.5 Å². The number of sulfonamides is 1. The topological polar surface area (TPSA) is 111 Å². The first kappa shape index (κ1) is 19.7. The SMILES string of the molecule is CC[C@@H]1Oc2ccc(S(=O)(=O)NC(=O)Cc3ccc(OC)cc3)cc2NC1=O. The van der Waals surface area contributed by atoms with Crippen LogP contribution in [-0.2, 0) is 26.0 Å². The maximum Gasteiger partial charge on any atom is 0.265 e. The highest BCUT2D eigenvalue weighted by atomic mass is 32.2. The normalized spacial score (nSPS) is 15.8. The van der Waals surface area contributed by atoms with Crippen molar-refractivity contribution in [1.29, 1.82) is 0 Å². The van der Waals surface area contributed by atoms with Gasteiger partial charge in [0.2, 0.25) is 5.91 Å². The first-order valence-electron chi connectivity index (χ1n) is 8.62. The van der Waals surface area contributed by atoms with E-state index in [2.05, 4.69) is 5.32 Å². The van der Waals surface area contributed by atoms with Crippen molar-refractivity contribution < 1.29 is 27.5 Å². The Morgan fingerprint density at radius 1 is 1.21 bits per heavy atom. The molecule has 148 valence electrons. The minimum atomic E-state index is -4.09. The molecular weight excluding hydrogens is 384 g/mol. The number of carbonyl (C=O) groups is 2. The third-order valence-electron chi connectivity index (χ3n) is 4.22. The minimum absolute atomic E-state index is 0.105. The van der Waals surface area contributed by atoms with Gasteiger partial charge in [0.15, 0.2) is 6.10 Å². The fraction of sp³-hybridized carbons (Fsp3) is 0.263. The highest BCUT2D eigenvalue weighted by molar-refractivity contribution is 7.90. The van der Waals surface area contributed by atoms with Crippen molar-refractivity contribution in [2.24, 2.45) is 0 Å². The number of nitrogens with one attached hydrogen (secondary N) is 2. The number of amides is 2. The van der Waals surface area contributed by atoms with E-state index in [1.54, 1.807) is 24.3 Å². The summed E-state index contributed by atoms with van der Waals surface area (Å²) in [5.74, 6) is 0.0117. The molecule has 0 saturated carbocycles. The molecule has 0 radical (unpaired) electrons. The van der Waals surface area contributed by atoms with Gasteiger partial charge in [0.1, 0.15) is 11.5 Å². The molecule has 0 aromatic heterocycles. The number of fused-ring (bicyclic) bond motifs is 1. The Morgan fingerprint density at radius 3 is 2.57 bits per heavy atom. The molecule has 2 N–H and O–H groups in total. The van der Waals surface area contributed by atoms with Crippen molar-refractivity contribution in [3.05, 3.63) is 48.0 Å². The van der Waals surface area contributed by atoms with Crippen LogP contribution in [0, 0.1) is 0 Å². The Morgan fingerprint density at radius 2 is 1.93 bits per heavy atom. The molecule has 0 aliphatic carbocycles. The van der Waals surface area contributed by atoms with E-state index >= 15 is 0 Å². The lowest BCUT2D eigenvalue weighted by atomic mass is 10.1. The summed E-state index contributed by atoms with van der Waals surface area (Å²) in [7, 11) is -2.56. The van der Waals surface area contributed by atoms with Crippen molar-refractivity contribution in [2.75, 3.05) is 12.4 Å². The van der Waals surface area contributed by atoms with Gasteiger partial charge in [-0.1, -0.05) is 19.1 Å². The molecule has 2 aromatic carbocycles. The molecule has 28 heavy (non-hydrogen) atoms. The lowest BCUT2D eigenvalue weighted by Gasteiger charge is -2.25. The minimum Gasteiger partial charge on any atom is -0.497 e. The number of hydrogen-bond acceptors (Lipinski definition) is 6. The van der Waals surface area contributed by atoms with E-state index in [1.165, 1.54) is 25.3 Å². The molecular formula is C19H20N2O6S. The molecule has 0 bridgehead atoms. The van der Waals surface area contributed by atoms with Crippen molar-refractivity contribution >= 4 is 27.5 Å². The monoisotopic (exact) mass is 404 g/mol. The molecule has 2 amide bonds. The summed E-state index contributed by atoms with van der Waals surface area (Å²) >= 11 is 0. The van der Waals surface area contributed by atoms with Gasteiger partial charge in [-0.3, -0.25) is 9.59 Å². The van der Waals surface area contributed by atoms with Crippen LogP contribution in [0.25, 0.3) is 0 Å². The molecule has 8 nitrogen and oxygen atoms in total. The summed E-state index contributed by atoms with van der Waals surface area (Å²) < 4.78 is 37.6. The van der Waals surface area contributed by atoms with Crippen LogP contribution < -0.4 is 19.5 Å². The average Bonchev–Trinajstić information content (AvgIpc) is 2.67. The Balaban J connectivity index is 1.73. The molecule has 1 aliphatic heterocycles. The highest BCUT2D eigenvalue weighted by Gasteiger charge is 2.28. The van der Waals surface area contributed by atoms with E-state index in [1.807, 2.05) is 11.6 Å². The standard InChI is InChI=1S/C19H20N2O6S/c1-3-16-19(23)20-15-11-14(8-9-17(15)27-16)28(24,25)21-18(22)10-12-4-6-13(26-2)7-5-12/h4-9,11,16H,3,10H2,1-2H3,(H,20,23)(H,21,22)/t16-/m0/s1. The molecule has 1 heterocycles. The number of methoxy groups -OCH3 is 1. The zero-order valence-electron chi connectivity index (χ0n) is 15.4. The van der Waals surface area contributed by atoms with Crippen molar-refractivity contribution in [1.82, 2.24) is 4.72 Å². The van der Waals surface area contributed by atoms with Crippen LogP contribution in [0.2, 0.25) is 0 Å². The van der Waals surface area contributed by atoms with Gasteiger partial charge in [-0.2, -0.15) is 0 Å². The predicted octanol–water partition coefficient (Wildman–Crippen LogP) is 1.85. The van der Waals surface area contributed by atoms with Gasteiger partial charge < -0.3 is 14.8 Å². The second kappa shape index (κ2) is 7.89. The fourth-order valence-electron chi connectivity index (χ4n) is 2.74. The molecule has 2 aromatic rings. The molecule has 0 unspecified atom stereocenters. The van der Waals surface area contributed by atoms with Gasteiger partial charge in [-0.25, -0.2) is 13.1 Å². The van der Waals surface area contributed by atoms with Gasteiger partial charge in [0, 0.05) is 0 Å². The molecule has 0 fully saturated rings. The first-order valence-corrected chi connectivity index (χ1v) is 10.1. The summed E-state index contributed by atoms with van der Waals surface area (Å²) in [6, 6.07) is 10.8. The summed E-state index contributed by atoms with van der Waals surface area (Å²) in [6.45, 7) is 1.81. The number of hydrogen-bond donors (Lipinski definition) is 2. The second-order valence-corrected chi connectivity index (χ2v) is 7.90. The predicted molar refractivity (Wildman–Crippen MR) is 102 cm³/mol. The van der Waals surface area contributed by atoms with E-state index in [4.69, 9.17) is 9.47 Å². The maximum atomic E-state index is 12.5. The number of carbonyl (C=O) groups excluding carboxylic acids is 2. The molecule has 9 heteroatoms. The Labute approximate surface area is 162 Å². The third kappa shape index (κ3) is 4.25. The second-order valence-electron chi connectivity index (χ2n) is 6.22. The van der Waals surface area contributed by atoms with E-state index in [9.17, 15) is 18.0 Å². The van der Waals surface area contributed by atoms with Crippen LogP contribution in [0.15, 0.2) is 47.4 Å². The lowest BCUT2D eigenvalue weighted by molar-refractivity contribution is -0.123. The summed E-state index contributed by atoms with van der Waals surface area (Å²) in [4.78, 5) is 23.9. The Hall–Kier alpha value is -3.07. The summed E-state index contributed by atoms with van der Waals surface area (Å²) in [5, 5.41) is 2.62. The van der Waals surface area contributed by atoms with E-state index < -0.39 is 22.0 Å². The Kier molecular flexibility index (Phi) is 5.55. The van der Waals surface area contributed by atoms with E-state index in [0.717, 1.165) is 0 Å². The Bertz CT molecular complexity index is 1000. The lowest BCUT2D eigenvalue weighted by Crippen LogP contribution is -2.36. The van der Waals surface area contributed by atoms with E-state index in [-0.39, 0.29) is 22.9 Å². The number of rotatable bonds is 6. The maximum absolute atomic E-state index is 12.5. The van der Waals surface area contributed by atoms with E-state index in [0.29, 0.717) is 23.5 Å². The summed E-state index contributed by atoms with van der Waals surface area (Å²) in [6.07, 6.45) is -0.224. The number of benzene rings is 2. The fourth-order valence-corrected chi connectivity index (χ4v) is 3.75. The van der Waals surface area contributed by atoms with Gasteiger partial charge in [0.25, 0.3) is 15.9 Å². The zero-order chi connectivity index (χ0) is 20.3. The van der Waals surface area contributed by atoms with Crippen molar-refractivity contribution in [2.45, 2.75) is 30.8 Å². The van der Waals surface area contributed by atoms with Crippen molar-refractivity contribution in [3.63, 3.8) is 0 Å². The zero-order valence-corrected chi connectivity index (χ0v) is 16.2. The quantitative estimate of drug-likeness (QED) is 0.760. The third-order valence-corrected chi connectivity index (χ3v) is 5.59. The average molecular weight is 404 g/mol. The van der Waals surface area contributed by atoms with Crippen LogP contribution in [0.3, 0.4) is 0 Å². The molecule has 3 rings (SSSR count). The van der Waals surface area contributed by atoms with Gasteiger partial charge >= 0.3 is 0 Å². The molecule has 1 atom stereocenters. The van der Waals surface area contributed by atoms with Crippen LogP contribution in [0.5, 0.6) is 11.5 Å². The van der Waals surface area contributed by atoms with Gasteiger partial charge in [-0.15, -0.1) is 0 Å².